The summed E-state index contributed by atoms with van der Waals surface area (Å²) in [5, 5.41) is 3.01. The van der Waals surface area contributed by atoms with Gasteiger partial charge in [-0.05, 0) is 19.1 Å². The molecule has 0 unspecified atom stereocenters. The molecule has 1 saturated heterocycles. The van der Waals surface area contributed by atoms with Crippen LogP contribution in [0.1, 0.15) is 29.9 Å². The third-order valence-corrected chi connectivity index (χ3v) is 6.23. The molecule has 1 amide bonds. The van der Waals surface area contributed by atoms with E-state index in [4.69, 9.17) is 4.42 Å². The van der Waals surface area contributed by atoms with Crippen LogP contribution in [0.3, 0.4) is 0 Å². The van der Waals surface area contributed by atoms with Crippen molar-refractivity contribution in [3.05, 3.63) is 95.9 Å². The van der Waals surface area contributed by atoms with Crippen molar-refractivity contribution in [1.82, 2.24) is 5.32 Å². The fourth-order valence-corrected chi connectivity index (χ4v) is 4.49. The number of hydrogen-bond acceptors (Lipinski definition) is 2. The molecule has 1 atom stereocenters. The maximum Gasteiger partial charge on any atom is 0.278 e. The number of nitrogens with one attached hydrogen (secondary N) is 3. The second-order valence-electron chi connectivity index (χ2n) is 8.09. The highest BCUT2D eigenvalue weighted by atomic mass is 16.3. The molecule has 0 spiro atoms. The lowest BCUT2D eigenvalue weighted by molar-refractivity contribution is -1.03. The summed E-state index contributed by atoms with van der Waals surface area (Å²) in [4.78, 5) is 15.5. The van der Waals surface area contributed by atoms with E-state index in [2.05, 4.69) is 66.0 Å². The van der Waals surface area contributed by atoms with Gasteiger partial charge in [-0.1, -0.05) is 60.7 Å². The van der Waals surface area contributed by atoms with Crippen molar-refractivity contribution < 1.29 is 19.0 Å². The Labute approximate surface area is 178 Å². The Morgan fingerprint density at radius 2 is 1.43 bits per heavy atom. The molecule has 3 N–H and O–H groups in total. The van der Waals surface area contributed by atoms with E-state index in [-0.39, 0.29) is 11.9 Å². The van der Waals surface area contributed by atoms with Crippen LogP contribution in [0.5, 0.6) is 0 Å². The highest BCUT2D eigenvalue weighted by molar-refractivity contribution is 5.79. The Kier molecular flexibility index (Phi) is 6.62. The van der Waals surface area contributed by atoms with Gasteiger partial charge >= 0.3 is 0 Å². The van der Waals surface area contributed by atoms with Crippen LogP contribution in [0.2, 0.25) is 0 Å². The van der Waals surface area contributed by atoms with Crippen LogP contribution in [0.4, 0.5) is 0 Å². The van der Waals surface area contributed by atoms with E-state index in [9.17, 15) is 4.79 Å². The predicted octanol–water partition coefficient (Wildman–Crippen LogP) is 0.857. The first kappa shape index (κ1) is 20.4. The number of rotatable bonds is 7. The molecule has 5 heteroatoms. The zero-order valence-electron chi connectivity index (χ0n) is 17.5. The normalized spacial score (nSPS) is 20.1. The Morgan fingerprint density at radius 1 is 0.867 bits per heavy atom. The fraction of sp³-hybridized carbons (Fsp3) is 0.320. The molecule has 1 fully saturated rings. The topological polar surface area (TPSA) is 51.1 Å². The Hall–Kier alpha value is -2.89. The quantitative estimate of drug-likeness (QED) is 0.546. The molecule has 0 radical (unpaired) electrons. The number of furan rings is 1. The number of piperazine rings is 1. The monoisotopic (exact) mass is 405 g/mol. The third kappa shape index (κ3) is 4.81. The van der Waals surface area contributed by atoms with Crippen molar-refractivity contribution in [1.29, 1.82) is 0 Å². The second kappa shape index (κ2) is 9.74. The van der Waals surface area contributed by atoms with Gasteiger partial charge in [-0.15, -0.1) is 0 Å². The first-order valence-corrected chi connectivity index (χ1v) is 10.8. The molecule has 4 rings (SSSR count). The van der Waals surface area contributed by atoms with Gasteiger partial charge in [-0.25, -0.2) is 0 Å². The molecule has 0 aliphatic carbocycles. The van der Waals surface area contributed by atoms with E-state index in [1.807, 2.05) is 19.1 Å². The summed E-state index contributed by atoms with van der Waals surface area (Å²) < 4.78 is 5.31. The molecular weight excluding hydrogens is 374 g/mol. The summed E-state index contributed by atoms with van der Waals surface area (Å²) in [6.07, 6.45) is 1.63. The molecule has 0 saturated carbocycles. The van der Waals surface area contributed by atoms with Crippen molar-refractivity contribution in [2.45, 2.75) is 25.6 Å². The number of carbonyl (C=O) groups excluding carboxylic acids is 1. The van der Waals surface area contributed by atoms with Crippen molar-refractivity contribution in [3.8, 4) is 0 Å². The average molecular weight is 406 g/mol. The van der Waals surface area contributed by atoms with Gasteiger partial charge in [-0.2, -0.15) is 0 Å². The summed E-state index contributed by atoms with van der Waals surface area (Å²) in [5.74, 6) is 0.876. The first-order chi connectivity index (χ1) is 14.7. The maximum absolute atomic E-state index is 12.6. The molecular formula is C25H31N3O2+2. The molecule has 1 aliphatic heterocycles. The Balaban J connectivity index is 1.39. The van der Waals surface area contributed by atoms with Gasteiger partial charge in [0.1, 0.15) is 38.0 Å². The first-order valence-electron chi connectivity index (χ1n) is 10.8. The molecule has 0 bridgehead atoms. The molecule has 1 aliphatic rings. The molecule has 156 valence electrons. The SMILES string of the molecule is C[C@@H](C(=O)NCc1ccco1)[NH+]1CC[NH+](C(c2ccccc2)c2ccccc2)CC1. The largest absolute Gasteiger partial charge is 0.467 e. The summed E-state index contributed by atoms with van der Waals surface area (Å²) in [7, 11) is 0. The van der Waals surface area contributed by atoms with Gasteiger partial charge in [-0.3, -0.25) is 4.79 Å². The van der Waals surface area contributed by atoms with Crippen molar-refractivity contribution in [2.75, 3.05) is 26.2 Å². The van der Waals surface area contributed by atoms with Crippen LogP contribution >= 0.6 is 0 Å². The molecule has 2 aromatic carbocycles. The second-order valence-corrected chi connectivity index (χ2v) is 8.09. The number of benzene rings is 2. The van der Waals surface area contributed by atoms with Gasteiger partial charge in [0.25, 0.3) is 5.91 Å². The van der Waals surface area contributed by atoms with E-state index in [0.717, 1.165) is 31.9 Å². The summed E-state index contributed by atoms with van der Waals surface area (Å²) in [6.45, 7) is 6.54. The van der Waals surface area contributed by atoms with E-state index < -0.39 is 0 Å². The highest BCUT2D eigenvalue weighted by Crippen LogP contribution is 2.18. The van der Waals surface area contributed by atoms with Gasteiger partial charge in [0.2, 0.25) is 0 Å². The predicted molar refractivity (Wildman–Crippen MR) is 116 cm³/mol. The van der Waals surface area contributed by atoms with Crippen LogP contribution in [-0.4, -0.2) is 38.1 Å². The lowest BCUT2D eigenvalue weighted by Gasteiger charge is -2.36. The van der Waals surface area contributed by atoms with Crippen molar-refractivity contribution in [2.24, 2.45) is 0 Å². The lowest BCUT2D eigenvalue weighted by Crippen LogP contribution is -3.30. The fourth-order valence-electron chi connectivity index (χ4n) is 4.49. The van der Waals surface area contributed by atoms with Gasteiger partial charge in [0.15, 0.2) is 6.04 Å². The maximum atomic E-state index is 12.6. The van der Waals surface area contributed by atoms with Gasteiger partial charge < -0.3 is 19.5 Å². The zero-order valence-corrected chi connectivity index (χ0v) is 17.5. The highest BCUT2D eigenvalue weighted by Gasteiger charge is 2.35. The zero-order chi connectivity index (χ0) is 20.8. The number of hydrogen-bond donors (Lipinski definition) is 3. The molecule has 2 heterocycles. The van der Waals surface area contributed by atoms with Crippen molar-refractivity contribution >= 4 is 5.91 Å². The van der Waals surface area contributed by atoms with Crippen LogP contribution in [0.15, 0.2) is 83.5 Å². The molecule has 5 nitrogen and oxygen atoms in total. The van der Waals surface area contributed by atoms with E-state index in [1.165, 1.54) is 16.0 Å². The summed E-state index contributed by atoms with van der Waals surface area (Å²) in [6, 6.07) is 25.6. The van der Waals surface area contributed by atoms with Crippen molar-refractivity contribution in [3.63, 3.8) is 0 Å². The number of amides is 1. The smallest absolute Gasteiger partial charge is 0.278 e. The minimum atomic E-state index is -0.0617. The Morgan fingerprint density at radius 3 is 1.97 bits per heavy atom. The standard InChI is InChI=1S/C25H29N3O2/c1-20(25(29)26-19-23-13-8-18-30-23)27-14-16-28(17-15-27)24(21-9-4-2-5-10-21)22-11-6-3-7-12-22/h2-13,18,20,24H,14-17,19H2,1H3,(H,26,29)/p+2/t20-/m0/s1. The number of carbonyl (C=O) groups is 1. The van der Waals surface area contributed by atoms with Crippen LogP contribution in [-0.2, 0) is 11.3 Å². The number of quaternary nitrogens is 2. The third-order valence-electron chi connectivity index (χ3n) is 6.23. The van der Waals surface area contributed by atoms with Gasteiger partial charge in [0, 0.05) is 11.1 Å². The molecule has 1 aromatic heterocycles. The van der Waals surface area contributed by atoms with E-state index in [1.54, 1.807) is 11.2 Å². The molecule has 3 aromatic rings. The molecule has 30 heavy (non-hydrogen) atoms. The van der Waals surface area contributed by atoms with E-state index in [0.29, 0.717) is 12.6 Å². The minimum absolute atomic E-state index is 0.0617. The van der Waals surface area contributed by atoms with Gasteiger partial charge in [0.05, 0.1) is 12.8 Å². The average Bonchev–Trinajstić information content (AvgIpc) is 3.33. The summed E-state index contributed by atoms with van der Waals surface area (Å²) >= 11 is 0. The van der Waals surface area contributed by atoms with Crippen LogP contribution < -0.4 is 15.1 Å². The van der Waals surface area contributed by atoms with Crippen LogP contribution in [0, 0.1) is 0 Å². The minimum Gasteiger partial charge on any atom is -0.467 e. The van der Waals surface area contributed by atoms with Crippen LogP contribution in [0.25, 0.3) is 0 Å². The Bertz CT molecular complexity index is 865. The lowest BCUT2D eigenvalue weighted by atomic mass is 9.96. The van der Waals surface area contributed by atoms with E-state index >= 15 is 0 Å². The summed E-state index contributed by atoms with van der Waals surface area (Å²) in [5.41, 5.74) is 2.71.